The van der Waals surface area contributed by atoms with Crippen molar-refractivity contribution in [1.29, 1.82) is 0 Å². The maximum atomic E-state index is 12.4. The van der Waals surface area contributed by atoms with Crippen LogP contribution in [0.15, 0.2) is 24.3 Å². The largest absolute Gasteiger partial charge is 0.494 e. The van der Waals surface area contributed by atoms with Crippen LogP contribution in [0.25, 0.3) is 0 Å². The fraction of sp³-hybridized carbons (Fsp3) is 0.588. The van der Waals surface area contributed by atoms with Gasteiger partial charge in [0.05, 0.1) is 6.61 Å². The lowest BCUT2D eigenvalue weighted by atomic mass is 9.78. The van der Waals surface area contributed by atoms with E-state index in [2.05, 4.69) is 6.92 Å². The molecule has 110 valence electrons. The maximum Gasteiger partial charge on any atom is 0.165 e. The van der Waals surface area contributed by atoms with Gasteiger partial charge in [0.1, 0.15) is 5.75 Å². The molecule has 0 bridgehead atoms. The Morgan fingerprint density at radius 3 is 2.40 bits per heavy atom. The molecular formula is C17H25NO2. The summed E-state index contributed by atoms with van der Waals surface area (Å²) in [6.45, 7) is 3.55. The molecule has 0 spiro atoms. The molecule has 1 fully saturated rings. The molecule has 0 amide bonds. The molecule has 0 heterocycles. The first kappa shape index (κ1) is 15.0. The van der Waals surface area contributed by atoms with Gasteiger partial charge in [-0.05, 0) is 68.8 Å². The third-order valence-electron chi connectivity index (χ3n) is 4.16. The normalized spacial score (nSPS) is 22.5. The lowest BCUT2D eigenvalue weighted by molar-refractivity contribution is 0.0873. The van der Waals surface area contributed by atoms with E-state index >= 15 is 0 Å². The number of benzene rings is 1. The zero-order valence-electron chi connectivity index (χ0n) is 12.3. The number of Topliss-reactive ketones (excluding diaryl/α,β-unsaturated/α-hetero) is 1. The summed E-state index contributed by atoms with van der Waals surface area (Å²) in [4.78, 5) is 12.4. The molecule has 1 saturated carbocycles. The van der Waals surface area contributed by atoms with Crippen molar-refractivity contribution in [3.05, 3.63) is 29.8 Å². The fourth-order valence-electron chi connectivity index (χ4n) is 2.83. The highest BCUT2D eigenvalue weighted by atomic mass is 16.5. The monoisotopic (exact) mass is 275 g/mol. The molecule has 3 nitrogen and oxygen atoms in total. The number of hydrogen-bond acceptors (Lipinski definition) is 3. The number of carbonyl (C=O) groups excluding carboxylic acids is 1. The molecule has 0 unspecified atom stereocenters. The van der Waals surface area contributed by atoms with E-state index in [-0.39, 0.29) is 11.7 Å². The van der Waals surface area contributed by atoms with Gasteiger partial charge >= 0.3 is 0 Å². The highest BCUT2D eigenvalue weighted by molar-refractivity contribution is 5.98. The van der Waals surface area contributed by atoms with E-state index in [1.54, 1.807) is 0 Å². The van der Waals surface area contributed by atoms with E-state index in [1.165, 1.54) is 0 Å². The Morgan fingerprint density at radius 2 is 1.85 bits per heavy atom. The minimum Gasteiger partial charge on any atom is -0.494 e. The molecule has 1 aromatic carbocycles. The van der Waals surface area contributed by atoms with E-state index in [0.29, 0.717) is 5.92 Å². The van der Waals surface area contributed by atoms with Gasteiger partial charge in [0.2, 0.25) is 0 Å². The summed E-state index contributed by atoms with van der Waals surface area (Å²) in [6, 6.07) is 7.58. The summed E-state index contributed by atoms with van der Waals surface area (Å²) in [5.74, 6) is 1.92. The maximum absolute atomic E-state index is 12.4. The van der Waals surface area contributed by atoms with Crippen molar-refractivity contribution in [3.63, 3.8) is 0 Å². The molecule has 1 aromatic rings. The number of rotatable bonds is 6. The molecule has 1 aliphatic rings. The molecule has 0 aliphatic heterocycles. The molecule has 20 heavy (non-hydrogen) atoms. The Bertz CT molecular complexity index is 419. The molecule has 2 N–H and O–H groups in total. The summed E-state index contributed by atoms with van der Waals surface area (Å²) >= 11 is 0. The van der Waals surface area contributed by atoms with Crippen molar-refractivity contribution in [1.82, 2.24) is 0 Å². The Hall–Kier alpha value is -1.35. The smallest absolute Gasteiger partial charge is 0.165 e. The first-order chi connectivity index (χ1) is 9.74. The van der Waals surface area contributed by atoms with Gasteiger partial charge in [0.25, 0.3) is 0 Å². The zero-order chi connectivity index (χ0) is 14.4. The highest BCUT2D eigenvalue weighted by Gasteiger charge is 2.26. The van der Waals surface area contributed by atoms with Gasteiger partial charge in [-0.2, -0.15) is 0 Å². The predicted molar refractivity (Wildman–Crippen MR) is 81.1 cm³/mol. The third-order valence-corrected chi connectivity index (χ3v) is 4.16. The van der Waals surface area contributed by atoms with Crippen molar-refractivity contribution < 1.29 is 9.53 Å². The van der Waals surface area contributed by atoms with Gasteiger partial charge in [-0.15, -0.1) is 0 Å². The molecule has 0 saturated heterocycles. The first-order valence-corrected chi connectivity index (χ1v) is 7.71. The number of ether oxygens (including phenoxy) is 1. The lowest BCUT2D eigenvalue weighted by Gasteiger charge is -2.26. The van der Waals surface area contributed by atoms with Crippen molar-refractivity contribution in [3.8, 4) is 5.75 Å². The van der Waals surface area contributed by atoms with E-state index in [4.69, 9.17) is 10.5 Å². The molecule has 0 atom stereocenters. The van der Waals surface area contributed by atoms with Gasteiger partial charge < -0.3 is 10.5 Å². The van der Waals surface area contributed by atoms with Crippen LogP contribution in [0.5, 0.6) is 5.75 Å². The minimum atomic E-state index is 0.181. The second kappa shape index (κ2) is 7.44. The van der Waals surface area contributed by atoms with Crippen LogP contribution in [0.4, 0.5) is 0 Å². The molecule has 1 aliphatic carbocycles. The van der Waals surface area contributed by atoms with Crippen LogP contribution in [-0.4, -0.2) is 18.9 Å². The molecule has 3 heteroatoms. The van der Waals surface area contributed by atoms with Crippen LogP contribution < -0.4 is 10.5 Å². The Labute approximate surface area is 121 Å². The van der Waals surface area contributed by atoms with Gasteiger partial charge in [-0.25, -0.2) is 0 Å². The Balaban J connectivity index is 1.92. The zero-order valence-corrected chi connectivity index (χ0v) is 12.3. The van der Waals surface area contributed by atoms with Crippen LogP contribution in [0.1, 0.15) is 49.4 Å². The average Bonchev–Trinajstić information content (AvgIpc) is 2.53. The van der Waals surface area contributed by atoms with E-state index in [0.717, 1.165) is 56.6 Å². The standard InChI is InChI=1S/C17H25NO2/c1-2-11-20-16-9-7-15(8-10-16)17(19)14-5-3-13(12-18)4-6-14/h7-10,13-14H,2-6,11-12,18H2,1H3. The molecule has 0 radical (unpaired) electrons. The van der Waals surface area contributed by atoms with Gasteiger partial charge in [-0.1, -0.05) is 6.92 Å². The summed E-state index contributed by atoms with van der Waals surface area (Å²) in [6.07, 6.45) is 5.13. The Morgan fingerprint density at radius 1 is 1.20 bits per heavy atom. The summed E-state index contributed by atoms with van der Waals surface area (Å²) in [5, 5.41) is 0. The quantitative estimate of drug-likeness (QED) is 0.809. The van der Waals surface area contributed by atoms with Crippen LogP contribution in [0.3, 0.4) is 0 Å². The van der Waals surface area contributed by atoms with Gasteiger partial charge in [0.15, 0.2) is 5.78 Å². The molecule has 2 rings (SSSR count). The number of ketones is 1. The minimum absolute atomic E-state index is 0.181. The van der Waals surface area contributed by atoms with E-state index < -0.39 is 0 Å². The van der Waals surface area contributed by atoms with Gasteiger partial charge in [0, 0.05) is 11.5 Å². The lowest BCUT2D eigenvalue weighted by Crippen LogP contribution is -2.25. The second-order valence-electron chi connectivity index (χ2n) is 5.69. The second-order valence-corrected chi connectivity index (χ2v) is 5.69. The predicted octanol–water partition coefficient (Wildman–Crippen LogP) is 3.42. The van der Waals surface area contributed by atoms with Crippen LogP contribution >= 0.6 is 0 Å². The number of nitrogens with two attached hydrogens (primary N) is 1. The van der Waals surface area contributed by atoms with Crippen molar-refractivity contribution in [2.75, 3.05) is 13.2 Å². The van der Waals surface area contributed by atoms with Crippen molar-refractivity contribution >= 4 is 5.78 Å². The fourth-order valence-corrected chi connectivity index (χ4v) is 2.83. The highest BCUT2D eigenvalue weighted by Crippen LogP contribution is 2.30. The summed E-state index contributed by atoms with van der Waals surface area (Å²) in [7, 11) is 0. The topological polar surface area (TPSA) is 52.3 Å². The molecule has 0 aromatic heterocycles. The average molecular weight is 275 g/mol. The van der Waals surface area contributed by atoms with Crippen LogP contribution in [0.2, 0.25) is 0 Å². The SMILES string of the molecule is CCCOc1ccc(C(=O)C2CCC(CN)CC2)cc1. The van der Waals surface area contributed by atoms with E-state index in [9.17, 15) is 4.79 Å². The third kappa shape index (κ3) is 3.83. The molecular weight excluding hydrogens is 250 g/mol. The number of carbonyl (C=O) groups is 1. The Kier molecular flexibility index (Phi) is 5.60. The van der Waals surface area contributed by atoms with E-state index in [1.807, 2.05) is 24.3 Å². The van der Waals surface area contributed by atoms with Crippen molar-refractivity contribution in [2.24, 2.45) is 17.6 Å². The summed E-state index contributed by atoms with van der Waals surface area (Å²) in [5.41, 5.74) is 6.50. The first-order valence-electron chi connectivity index (χ1n) is 7.71. The van der Waals surface area contributed by atoms with Gasteiger partial charge in [-0.3, -0.25) is 4.79 Å². The number of hydrogen-bond donors (Lipinski definition) is 1. The van der Waals surface area contributed by atoms with Crippen LogP contribution in [-0.2, 0) is 0 Å². The van der Waals surface area contributed by atoms with Crippen molar-refractivity contribution in [2.45, 2.75) is 39.0 Å². The van der Waals surface area contributed by atoms with Crippen LogP contribution in [0, 0.1) is 11.8 Å². The summed E-state index contributed by atoms with van der Waals surface area (Å²) < 4.78 is 5.54.